The zero-order valence-corrected chi connectivity index (χ0v) is 12.9. The van der Waals surface area contributed by atoms with Crippen molar-refractivity contribution >= 4 is 17.7 Å². The van der Waals surface area contributed by atoms with Gasteiger partial charge < -0.3 is 10.6 Å². The number of carbonyl (C=O) groups excluding carboxylic acids is 1. The van der Waals surface area contributed by atoms with Crippen molar-refractivity contribution in [3.8, 4) is 0 Å². The van der Waals surface area contributed by atoms with Crippen LogP contribution < -0.4 is 5.73 Å². The van der Waals surface area contributed by atoms with Gasteiger partial charge in [-0.25, -0.2) is 0 Å². The Morgan fingerprint density at radius 1 is 1.37 bits per heavy atom. The molecule has 0 bridgehead atoms. The van der Waals surface area contributed by atoms with E-state index in [0.29, 0.717) is 19.0 Å². The molecular weight excluding hydrogens is 256 g/mol. The molecule has 1 rings (SSSR count). The van der Waals surface area contributed by atoms with Crippen molar-refractivity contribution in [2.45, 2.75) is 32.4 Å². The van der Waals surface area contributed by atoms with Crippen LogP contribution in [0.2, 0.25) is 0 Å². The number of hydrogen-bond acceptors (Lipinski definition) is 3. The molecule has 0 aliphatic rings. The molecule has 0 aliphatic heterocycles. The Balaban J connectivity index is 2.73. The van der Waals surface area contributed by atoms with E-state index in [1.165, 1.54) is 0 Å². The minimum Gasteiger partial charge on any atom is -0.342 e. The Morgan fingerprint density at radius 2 is 2.00 bits per heavy atom. The second kappa shape index (κ2) is 8.23. The normalized spacial score (nSPS) is 12.2. The number of benzene rings is 1. The van der Waals surface area contributed by atoms with Gasteiger partial charge in [0.15, 0.2) is 0 Å². The summed E-state index contributed by atoms with van der Waals surface area (Å²) in [6.45, 7) is 2.60. The van der Waals surface area contributed by atoms with Crippen LogP contribution in [0.3, 0.4) is 0 Å². The van der Waals surface area contributed by atoms with Crippen LogP contribution in [0.1, 0.15) is 24.5 Å². The minimum absolute atomic E-state index is 0.168. The number of likely N-dealkylation sites (N-methyl/N-ethyl adjacent to an activating group) is 1. The first-order chi connectivity index (χ1) is 9.13. The molecule has 1 amide bonds. The number of thioether (sulfide) groups is 1. The Bertz CT molecular complexity index is 409. The highest BCUT2D eigenvalue weighted by molar-refractivity contribution is 7.98. The molecule has 2 N–H and O–H groups in total. The number of nitrogens with two attached hydrogens (primary N) is 1. The van der Waals surface area contributed by atoms with Gasteiger partial charge in [0, 0.05) is 25.4 Å². The van der Waals surface area contributed by atoms with E-state index in [-0.39, 0.29) is 5.91 Å². The fourth-order valence-corrected chi connectivity index (χ4v) is 2.96. The number of hydrogen-bond donors (Lipinski definition) is 1. The van der Waals surface area contributed by atoms with Crippen LogP contribution in [0.4, 0.5) is 0 Å². The lowest BCUT2D eigenvalue weighted by atomic mass is 10.0. The van der Waals surface area contributed by atoms with Gasteiger partial charge in [0.05, 0.1) is 6.42 Å². The summed E-state index contributed by atoms with van der Waals surface area (Å²) in [4.78, 5) is 14.2. The highest BCUT2D eigenvalue weighted by Crippen LogP contribution is 2.13. The third-order valence-electron chi connectivity index (χ3n) is 3.45. The molecule has 0 spiro atoms. The summed E-state index contributed by atoms with van der Waals surface area (Å²) in [5.41, 5.74) is 7.81. The van der Waals surface area contributed by atoms with E-state index in [9.17, 15) is 4.79 Å². The lowest BCUT2D eigenvalue weighted by Gasteiger charge is -2.27. The van der Waals surface area contributed by atoms with Gasteiger partial charge in [-0.15, -0.1) is 0 Å². The third-order valence-corrected chi connectivity index (χ3v) is 4.17. The topological polar surface area (TPSA) is 46.3 Å². The largest absolute Gasteiger partial charge is 0.342 e. The minimum atomic E-state index is 0.168. The molecule has 0 saturated carbocycles. The third kappa shape index (κ3) is 4.55. The molecule has 3 nitrogen and oxygen atoms in total. The van der Waals surface area contributed by atoms with Crippen LogP contribution >= 0.6 is 11.8 Å². The molecule has 0 heterocycles. The zero-order chi connectivity index (χ0) is 14.3. The van der Waals surface area contributed by atoms with Gasteiger partial charge >= 0.3 is 0 Å². The van der Waals surface area contributed by atoms with Crippen LogP contribution in [-0.2, 0) is 17.8 Å². The van der Waals surface area contributed by atoms with Crippen molar-refractivity contribution in [1.82, 2.24) is 4.90 Å². The van der Waals surface area contributed by atoms with Crippen LogP contribution in [-0.4, -0.2) is 35.9 Å². The Morgan fingerprint density at radius 3 is 2.53 bits per heavy atom. The van der Waals surface area contributed by atoms with Gasteiger partial charge in [0.1, 0.15) is 0 Å². The van der Waals surface area contributed by atoms with Gasteiger partial charge in [0.25, 0.3) is 0 Å². The average Bonchev–Trinajstić information content (AvgIpc) is 2.44. The highest BCUT2D eigenvalue weighted by Gasteiger charge is 2.18. The molecule has 4 heteroatoms. The Labute approximate surface area is 120 Å². The molecule has 0 aliphatic carbocycles. The predicted octanol–water partition coefficient (Wildman–Crippen LogP) is 2.29. The van der Waals surface area contributed by atoms with E-state index in [1.54, 1.807) is 11.8 Å². The monoisotopic (exact) mass is 280 g/mol. The predicted molar refractivity (Wildman–Crippen MR) is 83.3 cm³/mol. The maximum atomic E-state index is 12.3. The summed E-state index contributed by atoms with van der Waals surface area (Å²) in [7, 11) is 1.90. The second-order valence-electron chi connectivity index (χ2n) is 4.67. The molecular formula is C15H24N2OS. The summed E-state index contributed by atoms with van der Waals surface area (Å²) in [6.07, 6.45) is 3.50. The first-order valence-corrected chi connectivity index (χ1v) is 8.04. The first-order valence-electron chi connectivity index (χ1n) is 6.65. The van der Waals surface area contributed by atoms with E-state index in [1.807, 2.05) is 36.2 Å². The average molecular weight is 280 g/mol. The number of nitrogens with zero attached hydrogens (tertiary/aromatic N) is 1. The van der Waals surface area contributed by atoms with E-state index < -0.39 is 0 Å². The molecule has 19 heavy (non-hydrogen) atoms. The standard InChI is InChI=1S/C15H24N2OS/c1-4-14(11-19-3)17(2)15(18)9-12-7-5-6-8-13(12)10-16/h5-8,14H,4,9-11,16H2,1-3H3. The number of amides is 1. The van der Waals surface area contributed by atoms with Crippen molar-refractivity contribution in [3.05, 3.63) is 35.4 Å². The zero-order valence-electron chi connectivity index (χ0n) is 12.1. The van der Waals surface area contributed by atoms with Crippen LogP contribution in [0.25, 0.3) is 0 Å². The van der Waals surface area contributed by atoms with Crippen LogP contribution in [0, 0.1) is 0 Å². The molecule has 1 aromatic carbocycles. The van der Waals surface area contributed by atoms with Crippen LogP contribution in [0.5, 0.6) is 0 Å². The summed E-state index contributed by atoms with van der Waals surface area (Å²) in [5, 5.41) is 0. The Hall–Kier alpha value is -1.00. The lowest BCUT2D eigenvalue weighted by Crippen LogP contribution is -2.39. The molecule has 106 valence electrons. The van der Waals surface area contributed by atoms with E-state index in [2.05, 4.69) is 13.2 Å². The quantitative estimate of drug-likeness (QED) is 0.833. The van der Waals surface area contributed by atoms with Crippen molar-refractivity contribution in [1.29, 1.82) is 0 Å². The van der Waals surface area contributed by atoms with E-state index in [4.69, 9.17) is 5.73 Å². The molecule has 0 fully saturated rings. The number of carbonyl (C=O) groups is 1. The molecule has 0 aromatic heterocycles. The lowest BCUT2D eigenvalue weighted by molar-refractivity contribution is -0.130. The van der Waals surface area contributed by atoms with Gasteiger partial charge in [-0.05, 0) is 23.8 Å². The molecule has 0 radical (unpaired) electrons. The van der Waals surface area contributed by atoms with Gasteiger partial charge in [-0.1, -0.05) is 31.2 Å². The van der Waals surface area contributed by atoms with Gasteiger partial charge in [0.2, 0.25) is 5.91 Å². The maximum absolute atomic E-state index is 12.3. The summed E-state index contributed by atoms with van der Waals surface area (Å²) in [5.74, 6) is 1.15. The summed E-state index contributed by atoms with van der Waals surface area (Å²) in [6, 6.07) is 8.21. The fourth-order valence-electron chi connectivity index (χ4n) is 2.12. The summed E-state index contributed by atoms with van der Waals surface area (Å²) < 4.78 is 0. The van der Waals surface area contributed by atoms with Crippen molar-refractivity contribution in [2.75, 3.05) is 19.1 Å². The number of rotatable bonds is 7. The van der Waals surface area contributed by atoms with Crippen LogP contribution in [0.15, 0.2) is 24.3 Å². The SMILES string of the molecule is CCC(CSC)N(C)C(=O)Cc1ccccc1CN. The maximum Gasteiger partial charge on any atom is 0.227 e. The molecule has 1 aromatic rings. The first kappa shape index (κ1) is 16.1. The second-order valence-corrected chi connectivity index (χ2v) is 5.58. The van der Waals surface area contributed by atoms with E-state index >= 15 is 0 Å². The smallest absolute Gasteiger partial charge is 0.227 e. The molecule has 1 atom stereocenters. The molecule has 0 saturated heterocycles. The van der Waals surface area contributed by atoms with Gasteiger partial charge in [-0.2, -0.15) is 11.8 Å². The van der Waals surface area contributed by atoms with Crippen molar-refractivity contribution in [2.24, 2.45) is 5.73 Å². The fraction of sp³-hybridized carbons (Fsp3) is 0.533. The van der Waals surface area contributed by atoms with Gasteiger partial charge in [-0.3, -0.25) is 4.79 Å². The van der Waals surface area contributed by atoms with Crippen molar-refractivity contribution in [3.63, 3.8) is 0 Å². The summed E-state index contributed by atoms with van der Waals surface area (Å²) >= 11 is 1.78. The van der Waals surface area contributed by atoms with Crippen molar-refractivity contribution < 1.29 is 4.79 Å². The van der Waals surface area contributed by atoms with E-state index in [0.717, 1.165) is 23.3 Å². The molecule has 1 unspecified atom stereocenters. The highest BCUT2D eigenvalue weighted by atomic mass is 32.2. The Kier molecular flexibility index (Phi) is 6.95.